The molecule has 0 radical (unpaired) electrons. The minimum atomic E-state index is -0.178. The lowest BCUT2D eigenvalue weighted by atomic mass is 10.4. The molecule has 0 amide bonds. The molecule has 0 saturated carbocycles. The predicted molar refractivity (Wildman–Crippen MR) is 59.6 cm³/mol. The van der Waals surface area contributed by atoms with Crippen molar-refractivity contribution in [1.82, 2.24) is 0 Å². The largest absolute Gasteiger partial charge is 0.207 e. The van der Waals surface area contributed by atoms with Crippen LogP contribution < -0.4 is 0 Å². The van der Waals surface area contributed by atoms with Gasteiger partial charge < -0.3 is 0 Å². The van der Waals surface area contributed by atoms with Gasteiger partial charge in [-0.3, -0.25) is 0 Å². The van der Waals surface area contributed by atoms with Gasteiger partial charge in [0.2, 0.25) is 0 Å². The molecule has 0 bridgehead atoms. The molecular weight excluding hydrogens is 215 g/mol. The van der Waals surface area contributed by atoms with Crippen LogP contribution >= 0.6 is 23.1 Å². The summed E-state index contributed by atoms with van der Waals surface area (Å²) in [5.74, 6) is -0.178. The van der Waals surface area contributed by atoms with Gasteiger partial charge in [-0.15, -0.1) is 11.3 Å². The van der Waals surface area contributed by atoms with E-state index in [4.69, 9.17) is 0 Å². The van der Waals surface area contributed by atoms with Gasteiger partial charge in [0.05, 0.1) is 0 Å². The van der Waals surface area contributed by atoms with Crippen molar-refractivity contribution in [3.05, 3.63) is 46.4 Å². The van der Waals surface area contributed by atoms with E-state index < -0.39 is 0 Å². The highest BCUT2D eigenvalue weighted by Gasteiger charge is 2.02. The average molecular weight is 224 g/mol. The Balaban J connectivity index is 2.23. The minimum absolute atomic E-state index is 0.178. The maximum absolute atomic E-state index is 12.9. The Hall–Kier alpha value is -0.800. The van der Waals surface area contributed by atoms with Gasteiger partial charge in [0, 0.05) is 14.7 Å². The predicted octanol–water partition coefficient (Wildman–Crippen LogP) is 4.35. The van der Waals surface area contributed by atoms with Crippen LogP contribution in [0.15, 0.2) is 45.5 Å². The van der Waals surface area contributed by atoms with E-state index in [1.807, 2.05) is 6.07 Å². The molecule has 0 fully saturated rings. The summed E-state index contributed by atoms with van der Waals surface area (Å²) in [4.78, 5) is 3.44. The third-order valence-electron chi connectivity index (χ3n) is 1.84. The van der Waals surface area contributed by atoms with E-state index in [0.717, 1.165) is 4.90 Å². The molecular formula is C11H9FS2. The summed E-state index contributed by atoms with van der Waals surface area (Å²) in [7, 11) is 0. The molecule has 0 spiro atoms. The van der Waals surface area contributed by atoms with Crippen LogP contribution in [0, 0.1) is 12.7 Å². The quantitative estimate of drug-likeness (QED) is 0.731. The Kier molecular flexibility index (Phi) is 2.89. The molecule has 72 valence electrons. The first kappa shape index (κ1) is 9.74. The van der Waals surface area contributed by atoms with E-state index >= 15 is 0 Å². The minimum Gasteiger partial charge on any atom is -0.207 e. The van der Waals surface area contributed by atoms with E-state index in [1.165, 1.54) is 15.8 Å². The summed E-state index contributed by atoms with van der Waals surface area (Å²) in [6.45, 7) is 2.08. The number of thiophene rings is 1. The molecule has 1 aromatic carbocycles. The smallest absolute Gasteiger partial charge is 0.124 e. The Bertz CT molecular complexity index is 434. The zero-order chi connectivity index (χ0) is 9.97. The number of benzene rings is 1. The van der Waals surface area contributed by atoms with Crippen LogP contribution in [0.3, 0.4) is 0 Å². The highest BCUT2D eigenvalue weighted by atomic mass is 32.2. The second kappa shape index (κ2) is 4.15. The van der Waals surface area contributed by atoms with E-state index in [2.05, 4.69) is 18.4 Å². The van der Waals surface area contributed by atoms with Crippen LogP contribution in [0.25, 0.3) is 0 Å². The topological polar surface area (TPSA) is 0 Å². The molecule has 14 heavy (non-hydrogen) atoms. The third-order valence-corrected chi connectivity index (χ3v) is 3.96. The summed E-state index contributed by atoms with van der Waals surface area (Å²) >= 11 is 3.32. The lowest BCUT2D eigenvalue weighted by molar-refractivity contribution is 0.624. The first-order chi connectivity index (χ1) is 6.75. The van der Waals surface area contributed by atoms with Gasteiger partial charge in [-0.25, -0.2) is 4.39 Å². The molecule has 0 N–H and O–H groups in total. The zero-order valence-electron chi connectivity index (χ0n) is 7.66. The van der Waals surface area contributed by atoms with Crippen molar-refractivity contribution >= 4 is 23.1 Å². The van der Waals surface area contributed by atoms with E-state index in [9.17, 15) is 4.39 Å². The molecule has 0 aliphatic rings. The van der Waals surface area contributed by atoms with E-state index in [-0.39, 0.29) is 5.82 Å². The van der Waals surface area contributed by atoms with Crippen molar-refractivity contribution < 1.29 is 4.39 Å². The van der Waals surface area contributed by atoms with Gasteiger partial charge in [-0.2, -0.15) is 0 Å². The lowest BCUT2D eigenvalue weighted by Crippen LogP contribution is -1.75. The first-order valence-electron chi connectivity index (χ1n) is 4.23. The number of aryl methyl sites for hydroxylation is 1. The molecule has 1 heterocycles. The van der Waals surface area contributed by atoms with Crippen molar-refractivity contribution in [2.75, 3.05) is 0 Å². The van der Waals surface area contributed by atoms with Crippen molar-refractivity contribution in [1.29, 1.82) is 0 Å². The van der Waals surface area contributed by atoms with Gasteiger partial charge in [-0.05, 0) is 36.6 Å². The fraction of sp³-hybridized carbons (Fsp3) is 0.0909. The monoisotopic (exact) mass is 224 g/mol. The molecule has 3 heteroatoms. The Morgan fingerprint density at radius 3 is 2.79 bits per heavy atom. The summed E-state index contributed by atoms with van der Waals surface area (Å²) in [5, 5.41) is 2.05. The van der Waals surface area contributed by atoms with Crippen LogP contribution in [0.1, 0.15) is 4.88 Å². The van der Waals surface area contributed by atoms with Crippen LogP contribution in [0.2, 0.25) is 0 Å². The molecule has 2 aromatic rings. The van der Waals surface area contributed by atoms with Gasteiger partial charge in [0.1, 0.15) is 5.82 Å². The fourth-order valence-electron chi connectivity index (χ4n) is 1.14. The highest BCUT2D eigenvalue weighted by molar-refractivity contribution is 7.99. The normalized spacial score (nSPS) is 10.4. The maximum Gasteiger partial charge on any atom is 0.124 e. The summed E-state index contributed by atoms with van der Waals surface area (Å²) in [6.07, 6.45) is 0. The lowest BCUT2D eigenvalue weighted by Gasteiger charge is -1.99. The SMILES string of the molecule is Cc1sccc1Sc1cccc(F)c1. The van der Waals surface area contributed by atoms with Crippen molar-refractivity contribution in [3.8, 4) is 0 Å². The Morgan fingerprint density at radius 2 is 2.14 bits per heavy atom. The number of rotatable bonds is 2. The van der Waals surface area contributed by atoms with Crippen LogP contribution in [0.4, 0.5) is 4.39 Å². The van der Waals surface area contributed by atoms with Gasteiger partial charge in [0.25, 0.3) is 0 Å². The van der Waals surface area contributed by atoms with Gasteiger partial charge >= 0.3 is 0 Å². The molecule has 0 unspecified atom stereocenters. The summed E-state index contributed by atoms with van der Waals surface area (Å²) in [5.41, 5.74) is 0. The summed E-state index contributed by atoms with van der Waals surface area (Å²) < 4.78 is 12.9. The molecule has 2 rings (SSSR count). The number of hydrogen-bond acceptors (Lipinski definition) is 2. The number of halogens is 1. The van der Waals surface area contributed by atoms with Crippen LogP contribution in [0.5, 0.6) is 0 Å². The average Bonchev–Trinajstić information content (AvgIpc) is 2.52. The highest BCUT2D eigenvalue weighted by Crippen LogP contribution is 2.32. The molecule has 0 saturated heterocycles. The molecule has 0 atom stereocenters. The van der Waals surface area contributed by atoms with Crippen LogP contribution in [-0.2, 0) is 0 Å². The van der Waals surface area contributed by atoms with Crippen molar-refractivity contribution in [3.63, 3.8) is 0 Å². The maximum atomic E-state index is 12.9. The van der Waals surface area contributed by atoms with Gasteiger partial charge in [-0.1, -0.05) is 17.8 Å². The Labute approximate surface area is 90.8 Å². The third kappa shape index (κ3) is 2.16. The summed E-state index contributed by atoms with van der Waals surface area (Å²) in [6, 6.07) is 8.74. The van der Waals surface area contributed by atoms with Gasteiger partial charge in [0.15, 0.2) is 0 Å². The standard InChI is InChI=1S/C11H9FS2/c1-8-11(5-6-13-8)14-10-4-2-3-9(12)7-10/h2-7H,1H3. The van der Waals surface area contributed by atoms with E-state index in [1.54, 1.807) is 35.2 Å². The van der Waals surface area contributed by atoms with Crippen molar-refractivity contribution in [2.45, 2.75) is 16.7 Å². The zero-order valence-corrected chi connectivity index (χ0v) is 9.29. The molecule has 1 aromatic heterocycles. The second-order valence-electron chi connectivity index (χ2n) is 2.90. The molecule has 0 nitrogen and oxygen atoms in total. The second-order valence-corrected chi connectivity index (χ2v) is 5.14. The van der Waals surface area contributed by atoms with Crippen molar-refractivity contribution in [2.24, 2.45) is 0 Å². The first-order valence-corrected chi connectivity index (χ1v) is 5.93. The van der Waals surface area contributed by atoms with Crippen LogP contribution in [-0.4, -0.2) is 0 Å². The van der Waals surface area contributed by atoms with E-state index in [0.29, 0.717) is 0 Å². The fourth-order valence-corrected chi connectivity index (χ4v) is 2.94. The number of hydrogen-bond donors (Lipinski definition) is 0. The molecule has 0 aliphatic heterocycles. The molecule has 0 aliphatic carbocycles. The Morgan fingerprint density at radius 1 is 1.29 bits per heavy atom.